The minimum absolute atomic E-state index is 0.162. The van der Waals surface area contributed by atoms with Crippen LogP contribution in [-0.4, -0.2) is 12.1 Å². The zero-order valence-corrected chi connectivity index (χ0v) is 11.8. The first-order chi connectivity index (χ1) is 10.3. The summed E-state index contributed by atoms with van der Waals surface area (Å²) in [5.41, 5.74) is 2.53. The molecule has 2 aromatic carbocycles. The molecule has 106 valence electrons. The van der Waals surface area contributed by atoms with Crippen molar-refractivity contribution >= 4 is 10.9 Å². The molecule has 0 saturated carbocycles. The van der Waals surface area contributed by atoms with Crippen molar-refractivity contribution in [1.82, 2.24) is 4.98 Å². The van der Waals surface area contributed by atoms with Gasteiger partial charge in [0, 0.05) is 17.1 Å². The molecule has 0 fully saturated rings. The number of hydrogen-bond acceptors (Lipinski definition) is 2. The quantitative estimate of drug-likeness (QED) is 0.716. The Bertz CT molecular complexity index is 770. The molecule has 1 aromatic heterocycles. The number of rotatable bonds is 4. The third-order valence-electron chi connectivity index (χ3n) is 3.56. The third kappa shape index (κ3) is 2.87. The number of methoxy groups -OCH3 is 1. The molecular weight excluding hydrogens is 265 g/mol. The van der Waals surface area contributed by atoms with Gasteiger partial charge in [-0.2, -0.15) is 0 Å². The predicted molar refractivity (Wildman–Crippen MR) is 82.1 cm³/mol. The van der Waals surface area contributed by atoms with E-state index in [0.717, 1.165) is 22.3 Å². The van der Waals surface area contributed by atoms with Crippen molar-refractivity contribution in [2.75, 3.05) is 7.11 Å². The van der Waals surface area contributed by atoms with Crippen LogP contribution in [0.3, 0.4) is 0 Å². The van der Waals surface area contributed by atoms with E-state index < -0.39 is 0 Å². The lowest BCUT2D eigenvalue weighted by Crippen LogP contribution is -1.98. The van der Waals surface area contributed by atoms with Crippen LogP contribution in [0.4, 0.5) is 4.39 Å². The molecule has 0 aliphatic carbocycles. The van der Waals surface area contributed by atoms with Crippen molar-refractivity contribution in [3.8, 4) is 5.75 Å². The highest BCUT2D eigenvalue weighted by Crippen LogP contribution is 2.25. The summed E-state index contributed by atoms with van der Waals surface area (Å²) in [7, 11) is 1.66. The summed E-state index contributed by atoms with van der Waals surface area (Å²) in [6.07, 6.45) is 1.31. The van der Waals surface area contributed by atoms with E-state index in [0.29, 0.717) is 18.4 Å². The molecule has 0 saturated heterocycles. The lowest BCUT2D eigenvalue weighted by molar-refractivity contribution is 0.419. The van der Waals surface area contributed by atoms with Gasteiger partial charge in [0.2, 0.25) is 0 Å². The largest absolute Gasteiger partial charge is 0.496 e. The fourth-order valence-corrected chi connectivity index (χ4v) is 2.46. The van der Waals surface area contributed by atoms with Gasteiger partial charge in [-0.3, -0.25) is 4.98 Å². The Morgan fingerprint density at radius 1 is 1.00 bits per heavy atom. The van der Waals surface area contributed by atoms with Crippen LogP contribution >= 0.6 is 0 Å². The maximum absolute atomic E-state index is 13.6. The molecule has 0 unspecified atom stereocenters. The van der Waals surface area contributed by atoms with Crippen molar-refractivity contribution in [3.63, 3.8) is 0 Å². The SMILES string of the molecule is COc1cc(CCc2ccccc2F)nc2ccccc12. The molecule has 0 aliphatic heterocycles. The number of aromatic nitrogens is 1. The van der Waals surface area contributed by atoms with Crippen LogP contribution in [0, 0.1) is 5.82 Å². The Balaban J connectivity index is 1.89. The molecule has 0 aliphatic rings. The van der Waals surface area contributed by atoms with Gasteiger partial charge < -0.3 is 4.74 Å². The molecule has 0 atom stereocenters. The van der Waals surface area contributed by atoms with E-state index in [1.54, 1.807) is 13.2 Å². The highest BCUT2D eigenvalue weighted by molar-refractivity contribution is 5.85. The van der Waals surface area contributed by atoms with Gasteiger partial charge in [-0.1, -0.05) is 30.3 Å². The smallest absolute Gasteiger partial charge is 0.130 e. The Hall–Kier alpha value is -2.42. The molecule has 0 N–H and O–H groups in total. The Kier molecular flexibility index (Phi) is 3.82. The Labute approximate surface area is 123 Å². The summed E-state index contributed by atoms with van der Waals surface area (Å²) < 4.78 is 19.1. The van der Waals surface area contributed by atoms with Crippen molar-refractivity contribution in [2.24, 2.45) is 0 Å². The molecule has 1 heterocycles. The van der Waals surface area contributed by atoms with Crippen LogP contribution in [0.2, 0.25) is 0 Å². The number of nitrogens with zero attached hydrogens (tertiary/aromatic N) is 1. The van der Waals surface area contributed by atoms with Gasteiger partial charge in [0.05, 0.1) is 12.6 Å². The van der Waals surface area contributed by atoms with Gasteiger partial charge in [0.1, 0.15) is 11.6 Å². The number of ether oxygens (including phenoxy) is 1. The zero-order chi connectivity index (χ0) is 14.7. The standard InChI is InChI=1S/C18H16FNO/c1-21-18-12-14(20-17-9-5-3-7-15(17)18)11-10-13-6-2-4-8-16(13)19/h2-9,12H,10-11H2,1H3. The molecule has 3 rings (SSSR count). The highest BCUT2D eigenvalue weighted by atomic mass is 19.1. The van der Waals surface area contributed by atoms with Crippen molar-refractivity contribution < 1.29 is 9.13 Å². The van der Waals surface area contributed by atoms with E-state index in [9.17, 15) is 4.39 Å². The van der Waals surface area contributed by atoms with Crippen LogP contribution < -0.4 is 4.74 Å². The summed E-state index contributed by atoms with van der Waals surface area (Å²) in [5.74, 6) is 0.648. The average Bonchev–Trinajstić information content (AvgIpc) is 2.53. The number of fused-ring (bicyclic) bond motifs is 1. The van der Waals surface area contributed by atoms with Gasteiger partial charge >= 0.3 is 0 Å². The molecular formula is C18H16FNO. The summed E-state index contributed by atoms with van der Waals surface area (Å²) >= 11 is 0. The number of hydrogen-bond donors (Lipinski definition) is 0. The lowest BCUT2D eigenvalue weighted by Gasteiger charge is -2.09. The predicted octanol–water partition coefficient (Wildman–Crippen LogP) is 4.17. The van der Waals surface area contributed by atoms with Crippen LogP contribution in [0.25, 0.3) is 10.9 Å². The van der Waals surface area contributed by atoms with Crippen LogP contribution in [0.1, 0.15) is 11.3 Å². The summed E-state index contributed by atoms with van der Waals surface area (Å²) in [4.78, 5) is 4.63. The average molecular weight is 281 g/mol. The summed E-state index contributed by atoms with van der Waals surface area (Å²) in [6.45, 7) is 0. The molecule has 0 amide bonds. The molecule has 3 heteroatoms. The fourth-order valence-electron chi connectivity index (χ4n) is 2.46. The van der Waals surface area contributed by atoms with E-state index >= 15 is 0 Å². The first-order valence-corrected chi connectivity index (χ1v) is 6.94. The monoisotopic (exact) mass is 281 g/mol. The topological polar surface area (TPSA) is 22.1 Å². The summed E-state index contributed by atoms with van der Waals surface area (Å²) in [5, 5.41) is 0.995. The number of halogens is 1. The van der Waals surface area contributed by atoms with E-state index in [2.05, 4.69) is 4.98 Å². The van der Waals surface area contributed by atoms with Gasteiger partial charge in [-0.05, 0) is 36.6 Å². The van der Waals surface area contributed by atoms with E-state index in [4.69, 9.17) is 4.74 Å². The van der Waals surface area contributed by atoms with Crippen molar-refractivity contribution in [2.45, 2.75) is 12.8 Å². The van der Waals surface area contributed by atoms with E-state index in [1.165, 1.54) is 6.07 Å². The minimum Gasteiger partial charge on any atom is -0.496 e. The third-order valence-corrected chi connectivity index (χ3v) is 3.56. The molecule has 21 heavy (non-hydrogen) atoms. The van der Waals surface area contributed by atoms with Gasteiger partial charge in [0.15, 0.2) is 0 Å². The lowest BCUT2D eigenvalue weighted by atomic mass is 10.1. The minimum atomic E-state index is -0.162. The Morgan fingerprint density at radius 3 is 2.57 bits per heavy atom. The fraction of sp³-hybridized carbons (Fsp3) is 0.167. The number of aryl methyl sites for hydroxylation is 2. The molecule has 0 bridgehead atoms. The normalized spacial score (nSPS) is 10.8. The first-order valence-electron chi connectivity index (χ1n) is 6.94. The van der Waals surface area contributed by atoms with Gasteiger partial charge in [0.25, 0.3) is 0 Å². The summed E-state index contributed by atoms with van der Waals surface area (Å²) in [6, 6.07) is 16.7. The molecule has 0 spiro atoms. The van der Waals surface area contributed by atoms with E-state index in [-0.39, 0.29) is 5.82 Å². The van der Waals surface area contributed by atoms with Crippen LogP contribution in [-0.2, 0) is 12.8 Å². The van der Waals surface area contributed by atoms with Crippen molar-refractivity contribution in [3.05, 3.63) is 71.7 Å². The Morgan fingerprint density at radius 2 is 1.76 bits per heavy atom. The second kappa shape index (κ2) is 5.92. The maximum atomic E-state index is 13.6. The number of para-hydroxylation sites is 1. The zero-order valence-electron chi connectivity index (χ0n) is 11.8. The second-order valence-corrected chi connectivity index (χ2v) is 4.92. The molecule has 2 nitrogen and oxygen atoms in total. The number of benzene rings is 2. The molecule has 0 radical (unpaired) electrons. The van der Waals surface area contributed by atoms with Gasteiger partial charge in [-0.25, -0.2) is 4.39 Å². The van der Waals surface area contributed by atoms with Gasteiger partial charge in [-0.15, -0.1) is 0 Å². The maximum Gasteiger partial charge on any atom is 0.130 e. The number of pyridine rings is 1. The molecule has 3 aromatic rings. The van der Waals surface area contributed by atoms with E-state index in [1.807, 2.05) is 42.5 Å². The second-order valence-electron chi connectivity index (χ2n) is 4.92. The highest BCUT2D eigenvalue weighted by Gasteiger charge is 2.07. The first kappa shape index (κ1) is 13.6. The van der Waals surface area contributed by atoms with Crippen molar-refractivity contribution in [1.29, 1.82) is 0 Å². The van der Waals surface area contributed by atoms with Crippen LogP contribution in [0.15, 0.2) is 54.6 Å². The van der Waals surface area contributed by atoms with Crippen LogP contribution in [0.5, 0.6) is 5.75 Å².